The van der Waals surface area contributed by atoms with Gasteiger partial charge in [-0.25, -0.2) is 4.79 Å². The molecule has 0 saturated carbocycles. The highest BCUT2D eigenvalue weighted by Crippen LogP contribution is 2.36. The van der Waals surface area contributed by atoms with Crippen molar-refractivity contribution in [2.75, 3.05) is 13.1 Å². The summed E-state index contributed by atoms with van der Waals surface area (Å²) in [6.07, 6.45) is 6.26. The normalized spacial score (nSPS) is 23.1. The van der Waals surface area contributed by atoms with Gasteiger partial charge in [-0.05, 0) is 65.5 Å². The van der Waals surface area contributed by atoms with Crippen molar-refractivity contribution in [3.8, 4) is 0 Å². The third-order valence-electron chi connectivity index (χ3n) is 4.91. The second-order valence-corrected chi connectivity index (χ2v) is 7.89. The van der Waals surface area contributed by atoms with Gasteiger partial charge in [-0.15, -0.1) is 0 Å². The standard InChI is InChI=1S/C20H32N2O3/c1-7-9-17-16(8-2)14(3)18(23)22(17)15-10-12-21(13-11-15)19(24)25-20(4,5)6/h7,9,14-15H,8,10-13H2,1-6H3/b9-7-. The van der Waals surface area contributed by atoms with Gasteiger partial charge in [0.2, 0.25) is 5.91 Å². The number of hydrogen-bond acceptors (Lipinski definition) is 3. The molecule has 1 atom stereocenters. The van der Waals surface area contributed by atoms with Crippen LogP contribution in [0.1, 0.15) is 60.8 Å². The van der Waals surface area contributed by atoms with Crippen LogP contribution >= 0.6 is 0 Å². The van der Waals surface area contributed by atoms with Gasteiger partial charge in [0.05, 0.1) is 5.92 Å². The summed E-state index contributed by atoms with van der Waals surface area (Å²) < 4.78 is 5.46. The molecule has 25 heavy (non-hydrogen) atoms. The van der Waals surface area contributed by atoms with Crippen molar-refractivity contribution < 1.29 is 14.3 Å². The van der Waals surface area contributed by atoms with Gasteiger partial charge >= 0.3 is 6.09 Å². The maximum absolute atomic E-state index is 12.8. The number of amides is 2. The molecule has 2 amide bonds. The lowest BCUT2D eigenvalue weighted by Gasteiger charge is -2.38. The molecular formula is C20H32N2O3. The molecule has 5 heteroatoms. The minimum atomic E-state index is -0.480. The van der Waals surface area contributed by atoms with E-state index in [9.17, 15) is 9.59 Å². The number of likely N-dealkylation sites (tertiary alicyclic amines) is 1. The summed E-state index contributed by atoms with van der Waals surface area (Å²) in [6, 6.07) is 0.156. The summed E-state index contributed by atoms with van der Waals surface area (Å²) in [6.45, 7) is 13.0. The molecule has 0 aromatic rings. The van der Waals surface area contributed by atoms with Crippen molar-refractivity contribution in [2.24, 2.45) is 5.92 Å². The summed E-state index contributed by atoms with van der Waals surface area (Å²) in [4.78, 5) is 28.8. The molecule has 2 rings (SSSR count). The van der Waals surface area contributed by atoms with Gasteiger partial charge < -0.3 is 14.5 Å². The zero-order valence-corrected chi connectivity index (χ0v) is 16.5. The zero-order chi connectivity index (χ0) is 18.8. The first-order chi connectivity index (χ1) is 11.7. The summed E-state index contributed by atoms with van der Waals surface area (Å²) >= 11 is 0. The van der Waals surface area contributed by atoms with Crippen LogP contribution in [0.4, 0.5) is 4.79 Å². The summed E-state index contributed by atoms with van der Waals surface area (Å²) in [5.41, 5.74) is 1.81. The first-order valence-electron chi connectivity index (χ1n) is 9.36. The number of hydrogen-bond donors (Lipinski definition) is 0. The lowest BCUT2D eigenvalue weighted by atomic mass is 10.00. The van der Waals surface area contributed by atoms with Crippen LogP contribution in [0, 0.1) is 5.92 Å². The Morgan fingerprint density at radius 3 is 2.36 bits per heavy atom. The van der Waals surface area contributed by atoms with E-state index in [1.165, 1.54) is 5.57 Å². The summed E-state index contributed by atoms with van der Waals surface area (Å²) in [5.74, 6) is 0.153. The highest BCUT2D eigenvalue weighted by Gasteiger charge is 2.40. The maximum atomic E-state index is 12.8. The monoisotopic (exact) mass is 348 g/mol. The smallest absolute Gasteiger partial charge is 0.410 e. The summed E-state index contributed by atoms with van der Waals surface area (Å²) in [5, 5.41) is 0. The van der Waals surface area contributed by atoms with E-state index >= 15 is 0 Å². The number of rotatable bonds is 3. The Morgan fingerprint density at radius 1 is 1.28 bits per heavy atom. The average molecular weight is 348 g/mol. The van der Waals surface area contributed by atoms with Gasteiger partial charge in [0.25, 0.3) is 0 Å². The third-order valence-corrected chi connectivity index (χ3v) is 4.91. The number of nitrogens with zero attached hydrogens (tertiary/aromatic N) is 2. The number of carbonyl (C=O) groups excluding carboxylic acids is 2. The Kier molecular flexibility index (Phi) is 5.96. The molecule has 0 spiro atoms. The largest absolute Gasteiger partial charge is 0.444 e. The highest BCUT2D eigenvalue weighted by atomic mass is 16.6. The van der Waals surface area contributed by atoms with E-state index in [1.54, 1.807) is 4.90 Å². The molecule has 0 aromatic heterocycles. The Labute approximate surface area is 151 Å². The first kappa shape index (κ1) is 19.5. The molecule has 0 N–H and O–H groups in total. The quantitative estimate of drug-likeness (QED) is 0.771. The molecule has 2 aliphatic heterocycles. The van der Waals surface area contributed by atoms with E-state index in [-0.39, 0.29) is 24.0 Å². The molecular weight excluding hydrogens is 316 g/mol. The van der Waals surface area contributed by atoms with Gasteiger partial charge in [0.15, 0.2) is 0 Å². The van der Waals surface area contributed by atoms with Gasteiger partial charge in [0, 0.05) is 24.8 Å². The molecule has 5 nitrogen and oxygen atoms in total. The Morgan fingerprint density at radius 2 is 1.88 bits per heavy atom. The van der Waals surface area contributed by atoms with Crippen LogP contribution in [-0.4, -0.2) is 46.5 Å². The van der Waals surface area contributed by atoms with Crippen LogP contribution in [0.15, 0.2) is 23.4 Å². The molecule has 140 valence electrons. The summed E-state index contributed by atoms with van der Waals surface area (Å²) in [7, 11) is 0. The van der Waals surface area contributed by atoms with Gasteiger partial charge in [-0.3, -0.25) is 4.79 Å². The Hall–Kier alpha value is -1.78. The van der Waals surface area contributed by atoms with Crippen molar-refractivity contribution in [1.29, 1.82) is 0 Å². The van der Waals surface area contributed by atoms with E-state index in [0.717, 1.165) is 25.0 Å². The van der Waals surface area contributed by atoms with Crippen LogP contribution in [0.2, 0.25) is 0 Å². The predicted molar refractivity (Wildman–Crippen MR) is 99.0 cm³/mol. The van der Waals surface area contributed by atoms with Gasteiger partial charge in [-0.2, -0.15) is 0 Å². The molecule has 2 heterocycles. The number of carbonyl (C=O) groups is 2. The zero-order valence-electron chi connectivity index (χ0n) is 16.5. The van der Waals surface area contributed by atoms with Crippen molar-refractivity contribution >= 4 is 12.0 Å². The van der Waals surface area contributed by atoms with Crippen LogP contribution < -0.4 is 0 Å². The van der Waals surface area contributed by atoms with Crippen LogP contribution in [0.25, 0.3) is 0 Å². The maximum Gasteiger partial charge on any atom is 0.410 e. The third kappa shape index (κ3) is 4.25. The second kappa shape index (κ2) is 7.63. The highest BCUT2D eigenvalue weighted by molar-refractivity contribution is 5.88. The number of allylic oxidation sites excluding steroid dienone is 2. The van der Waals surface area contributed by atoms with E-state index in [2.05, 4.69) is 13.0 Å². The molecule has 2 aliphatic rings. The molecule has 1 unspecified atom stereocenters. The van der Waals surface area contributed by atoms with Crippen LogP contribution in [-0.2, 0) is 9.53 Å². The fourth-order valence-electron chi connectivity index (χ4n) is 3.70. The van der Waals surface area contributed by atoms with E-state index in [4.69, 9.17) is 4.74 Å². The van der Waals surface area contributed by atoms with E-state index in [0.29, 0.717) is 13.1 Å². The molecule has 0 aromatic carbocycles. The molecule has 0 radical (unpaired) electrons. The van der Waals surface area contributed by atoms with E-state index in [1.807, 2.05) is 45.6 Å². The van der Waals surface area contributed by atoms with Crippen molar-refractivity contribution in [1.82, 2.24) is 9.80 Å². The van der Waals surface area contributed by atoms with Crippen molar-refractivity contribution in [3.05, 3.63) is 23.4 Å². The minimum Gasteiger partial charge on any atom is -0.444 e. The lowest BCUT2D eigenvalue weighted by molar-refractivity contribution is -0.132. The van der Waals surface area contributed by atoms with Crippen molar-refractivity contribution in [3.63, 3.8) is 0 Å². The van der Waals surface area contributed by atoms with Gasteiger partial charge in [-0.1, -0.05) is 13.0 Å². The average Bonchev–Trinajstić information content (AvgIpc) is 2.77. The van der Waals surface area contributed by atoms with Crippen molar-refractivity contribution in [2.45, 2.75) is 72.4 Å². The lowest BCUT2D eigenvalue weighted by Crippen LogP contribution is -2.48. The van der Waals surface area contributed by atoms with Gasteiger partial charge in [0.1, 0.15) is 5.60 Å². The minimum absolute atomic E-state index is 0.0416. The fraction of sp³-hybridized carbons (Fsp3) is 0.700. The van der Waals surface area contributed by atoms with Crippen LogP contribution in [0.3, 0.4) is 0 Å². The number of piperidine rings is 1. The second-order valence-electron chi connectivity index (χ2n) is 7.89. The predicted octanol–water partition coefficient (Wildman–Crippen LogP) is 4.10. The molecule has 0 aliphatic carbocycles. The van der Waals surface area contributed by atoms with Crippen LogP contribution in [0.5, 0.6) is 0 Å². The topological polar surface area (TPSA) is 49.9 Å². The number of ether oxygens (including phenoxy) is 1. The molecule has 0 bridgehead atoms. The fourth-order valence-corrected chi connectivity index (χ4v) is 3.70. The van der Waals surface area contributed by atoms with E-state index < -0.39 is 5.60 Å². The molecule has 1 saturated heterocycles. The molecule has 1 fully saturated rings. The Balaban J connectivity index is 2.08. The SMILES string of the molecule is C/C=C\C1=C(CC)C(C)C(=O)N1C1CCN(C(=O)OC(C)(C)C)CC1. The Bertz CT molecular complexity index is 578. The first-order valence-corrected chi connectivity index (χ1v) is 9.36.